The van der Waals surface area contributed by atoms with Gasteiger partial charge in [0, 0.05) is 36.4 Å². The van der Waals surface area contributed by atoms with Crippen LogP contribution in [-0.2, 0) is 0 Å². The van der Waals surface area contributed by atoms with Gasteiger partial charge in [0.05, 0.1) is 0 Å². The number of piperazine rings is 1. The van der Waals surface area contributed by atoms with Crippen LogP contribution in [0.1, 0.15) is 6.92 Å². The number of carbonyl (C=O) groups is 1. The molecule has 0 unspecified atom stereocenters. The van der Waals surface area contributed by atoms with Crippen LogP contribution in [-0.4, -0.2) is 36.6 Å². The highest BCUT2D eigenvalue weighted by atomic mass is 35.5. The number of nitrogens with one attached hydrogen (secondary N) is 2. The average Bonchev–Trinajstić information content (AvgIpc) is 2.29. The van der Waals surface area contributed by atoms with E-state index in [1.165, 1.54) is 0 Å². The van der Waals surface area contributed by atoms with Crippen molar-refractivity contribution in [3.63, 3.8) is 0 Å². The van der Waals surface area contributed by atoms with Gasteiger partial charge in [-0.3, -0.25) is 0 Å². The number of halogens is 1. The molecular weight excluding hydrogens is 238 g/mol. The number of hydrogen-bond donors (Lipinski definition) is 2. The second-order valence-corrected chi connectivity index (χ2v) is 4.68. The molecule has 1 aromatic carbocycles. The Kier molecular flexibility index (Phi) is 3.86. The van der Waals surface area contributed by atoms with Crippen molar-refractivity contribution in [3.8, 4) is 0 Å². The molecule has 0 spiro atoms. The van der Waals surface area contributed by atoms with Crippen LogP contribution in [0, 0.1) is 0 Å². The molecule has 1 aromatic rings. The van der Waals surface area contributed by atoms with Crippen LogP contribution in [0.15, 0.2) is 24.3 Å². The monoisotopic (exact) mass is 253 g/mol. The number of hydrogen-bond acceptors (Lipinski definition) is 2. The lowest BCUT2D eigenvalue weighted by molar-refractivity contribution is 0.192. The largest absolute Gasteiger partial charge is 0.322 e. The molecule has 2 rings (SSSR count). The maximum Gasteiger partial charge on any atom is 0.321 e. The highest BCUT2D eigenvalue weighted by Gasteiger charge is 2.20. The molecule has 2 amide bonds. The second-order valence-electron chi connectivity index (χ2n) is 4.24. The molecule has 0 aromatic heterocycles. The van der Waals surface area contributed by atoms with Crippen LogP contribution in [0.5, 0.6) is 0 Å². The summed E-state index contributed by atoms with van der Waals surface area (Å²) in [5, 5.41) is 6.77. The van der Waals surface area contributed by atoms with Crippen LogP contribution in [0.2, 0.25) is 5.02 Å². The van der Waals surface area contributed by atoms with Gasteiger partial charge in [0.15, 0.2) is 0 Å². The van der Waals surface area contributed by atoms with Gasteiger partial charge in [-0.25, -0.2) is 4.79 Å². The van der Waals surface area contributed by atoms with Crippen molar-refractivity contribution >= 4 is 23.3 Å². The number of anilines is 1. The Hall–Kier alpha value is -1.26. The molecule has 1 saturated heterocycles. The van der Waals surface area contributed by atoms with E-state index in [0.29, 0.717) is 11.1 Å². The van der Waals surface area contributed by atoms with E-state index in [-0.39, 0.29) is 6.03 Å². The molecule has 92 valence electrons. The summed E-state index contributed by atoms with van der Waals surface area (Å²) in [5.74, 6) is 0. The molecule has 1 aliphatic rings. The summed E-state index contributed by atoms with van der Waals surface area (Å²) < 4.78 is 0. The number of amides is 2. The summed E-state index contributed by atoms with van der Waals surface area (Å²) in [7, 11) is 0. The molecule has 4 nitrogen and oxygen atoms in total. The van der Waals surface area contributed by atoms with E-state index in [2.05, 4.69) is 17.6 Å². The van der Waals surface area contributed by atoms with Gasteiger partial charge in [-0.05, 0) is 25.1 Å². The Labute approximate surface area is 106 Å². The number of carbonyl (C=O) groups excluding carboxylic acids is 1. The predicted molar refractivity (Wildman–Crippen MR) is 69.5 cm³/mol. The van der Waals surface area contributed by atoms with E-state index < -0.39 is 0 Å². The van der Waals surface area contributed by atoms with Crippen LogP contribution in [0.25, 0.3) is 0 Å². The fourth-order valence-corrected chi connectivity index (χ4v) is 2.08. The molecule has 1 atom stereocenters. The normalized spacial score (nSPS) is 20.1. The van der Waals surface area contributed by atoms with E-state index in [1.807, 2.05) is 17.0 Å². The van der Waals surface area contributed by atoms with Crippen molar-refractivity contribution in [2.24, 2.45) is 0 Å². The first-order valence-electron chi connectivity index (χ1n) is 5.70. The third-order valence-electron chi connectivity index (χ3n) is 2.73. The number of rotatable bonds is 1. The minimum absolute atomic E-state index is 0.0689. The number of benzene rings is 1. The first kappa shape index (κ1) is 12.2. The zero-order chi connectivity index (χ0) is 12.3. The Morgan fingerprint density at radius 3 is 3.12 bits per heavy atom. The zero-order valence-corrected chi connectivity index (χ0v) is 10.5. The van der Waals surface area contributed by atoms with Crippen LogP contribution >= 0.6 is 11.6 Å². The van der Waals surface area contributed by atoms with Gasteiger partial charge in [-0.2, -0.15) is 0 Å². The lowest BCUT2D eigenvalue weighted by Crippen LogP contribution is -2.52. The molecule has 17 heavy (non-hydrogen) atoms. The highest BCUT2D eigenvalue weighted by molar-refractivity contribution is 6.30. The van der Waals surface area contributed by atoms with Gasteiger partial charge in [0.25, 0.3) is 0 Å². The quantitative estimate of drug-likeness (QED) is 0.806. The highest BCUT2D eigenvalue weighted by Crippen LogP contribution is 2.15. The van der Waals surface area contributed by atoms with E-state index >= 15 is 0 Å². The molecule has 0 radical (unpaired) electrons. The summed E-state index contributed by atoms with van der Waals surface area (Å²) in [4.78, 5) is 13.8. The van der Waals surface area contributed by atoms with Gasteiger partial charge >= 0.3 is 6.03 Å². The molecule has 1 aliphatic heterocycles. The Morgan fingerprint density at radius 2 is 2.41 bits per heavy atom. The molecular formula is C12H16ClN3O. The maximum atomic E-state index is 12.0. The standard InChI is InChI=1S/C12H16ClN3O/c1-9-8-16(6-5-14-9)12(17)15-11-4-2-3-10(13)7-11/h2-4,7,9,14H,5-6,8H2,1H3,(H,15,17)/t9-/m1/s1. The van der Waals surface area contributed by atoms with Crippen molar-refractivity contribution in [3.05, 3.63) is 29.3 Å². The molecule has 5 heteroatoms. The molecule has 0 bridgehead atoms. The average molecular weight is 254 g/mol. The van der Waals surface area contributed by atoms with Crippen molar-refractivity contribution in [1.82, 2.24) is 10.2 Å². The maximum absolute atomic E-state index is 12.0. The Balaban J connectivity index is 1.96. The molecule has 0 saturated carbocycles. The van der Waals surface area contributed by atoms with Gasteiger partial charge in [-0.15, -0.1) is 0 Å². The van der Waals surface area contributed by atoms with E-state index in [1.54, 1.807) is 12.1 Å². The Bertz CT molecular complexity index is 410. The van der Waals surface area contributed by atoms with Crippen molar-refractivity contribution in [2.75, 3.05) is 25.0 Å². The fraction of sp³-hybridized carbons (Fsp3) is 0.417. The van der Waals surface area contributed by atoms with Gasteiger partial charge in [-0.1, -0.05) is 17.7 Å². The minimum atomic E-state index is -0.0689. The summed E-state index contributed by atoms with van der Waals surface area (Å²) in [5.41, 5.74) is 0.730. The van der Waals surface area contributed by atoms with Crippen LogP contribution in [0.3, 0.4) is 0 Å². The van der Waals surface area contributed by atoms with Crippen LogP contribution in [0.4, 0.5) is 10.5 Å². The summed E-state index contributed by atoms with van der Waals surface area (Å²) in [6.45, 7) is 4.37. The first-order chi connectivity index (χ1) is 8.15. The zero-order valence-electron chi connectivity index (χ0n) is 9.74. The van der Waals surface area contributed by atoms with Gasteiger partial charge in [0.2, 0.25) is 0 Å². The smallest absolute Gasteiger partial charge is 0.321 e. The topological polar surface area (TPSA) is 44.4 Å². The van der Waals surface area contributed by atoms with E-state index in [9.17, 15) is 4.79 Å². The fourth-order valence-electron chi connectivity index (χ4n) is 1.89. The lowest BCUT2D eigenvalue weighted by atomic mass is 10.2. The van der Waals surface area contributed by atoms with Gasteiger partial charge < -0.3 is 15.5 Å². The molecule has 1 fully saturated rings. The van der Waals surface area contributed by atoms with E-state index in [0.717, 1.165) is 25.3 Å². The first-order valence-corrected chi connectivity index (χ1v) is 6.08. The summed E-state index contributed by atoms with van der Waals surface area (Å²) in [6.07, 6.45) is 0. The SMILES string of the molecule is C[C@@H]1CN(C(=O)Nc2cccc(Cl)c2)CCN1. The van der Waals surface area contributed by atoms with Crippen molar-refractivity contribution in [1.29, 1.82) is 0 Å². The molecule has 0 aliphatic carbocycles. The summed E-state index contributed by atoms with van der Waals surface area (Å²) >= 11 is 5.86. The second kappa shape index (κ2) is 5.38. The third-order valence-corrected chi connectivity index (χ3v) is 2.97. The summed E-state index contributed by atoms with van der Waals surface area (Å²) in [6, 6.07) is 7.44. The predicted octanol–water partition coefficient (Wildman–Crippen LogP) is 2.17. The molecule has 1 heterocycles. The van der Waals surface area contributed by atoms with E-state index in [4.69, 9.17) is 11.6 Å². The third kappa shape index (κ3) is 3.35. The van der Waals surface area contributed by atoms with Gasteiger partial charge in [0.1, 0.15) is 0 Å². The Morgan fingerprint density at radius 1 is 1.59 bits per heavy atom. The molecule has 2 N–H and O–H groups in total. The van der Waals surface area contributed by atoms with Crippen LogP contribution < -0.4 is 10.6 Å². The van der Waals surface area contributed by atoms with Crippen molar-refractivity contribution in [2.45, 2.75) is 13.0 Å². The number of nitrogens with zero attached hydrogens (tertiary/aromatic N) is 1. The number of urea groups is 1. The lowest BCUT2D eigenvalue weighted by Gasteiger charge is -2.31. The van der Waals surface area contributed by atoms with Crippen molar-refractivity contribution < 1.29 is 4.79 Å². The minimum Gasteiger partial charge on any atom is -0.322 e.